The Morgan fingerprint density at radius 1 is 1.10 bits per heavy atom. The van der Waals surface area contributed by atoms with Crippen molar-refractivity contribution in [3.63, 3.8) is 0 Å². The zero-order chi connectivity index (χ0) is 15.3. The molecule has 0 bridgehead atoms. The third-order valence-electron chi connectivity index (χ3n) is 4.78. The van der Waals surface area contributed by atoms with Gasteiger partial charge >= 0.3 is 0 Å². The van der Waals surface area contributed by atoms with Crippen LogP contribution in [0.25, 0.3) is 0 Å². The number of nitrogens with zero attached hydrogens (tertiary/aromatic N) is 1. The number of carbonyl (C=O) groups is 1. The number of hydrogen-bond acceptors (Lipinski definition) is 4. The van der Waals surface area contributed by atoms with Crippen LogP contribution in [0.5, 0.6) is 0 Å². The summed E-state index contributed by atoms with van der Waals surface area (Å²) in [6, 6.07) is 0. The van der Waals surface area contributed by atoms with Crippen LogP contribution < -0.4 is 10.0 Å². The highest BCUT2D eigenvalue weighted by Crippen LogP contribution is 2.36. The maximum Gasteiger partial charge on any atom is 0.240 e. The van der Waals surface area contributed by atoms with E-state index in [1.54, 1.807) is 0 Å². The first-order valence-electron chi connectivity index (χ1n) is 7.95. The second-order valence-electron chi connectivity index (χ2n) is 6.07. The van der Waals surface area contributed by atoms with Crippen LogP contribution in [0.1, 0.15) is 44.9 Å². The molecule has 0 unspecified atom stereocenters. The lowest BCUT2D eigenvalue weighted by Crippen LogP contribution is -2.59. The highest BCUT2D eigenvalue weighted by atomic mass is 32.2. The minimum absolute atomic E-state index is 0.0235. The molecule has 0 radical (unpaired) electrons. The topological polar surface area (TPSA) is 78.5 Å². The monoisotopic (exact) mass is 317 g/mol. The molecule has 2 fully saturated rings. The maximum absolute atomic E-state index is 12.7. The number of rotatable bonds is 6. The van der Waals surface area contributed by atoms with Gasteiger partial charge in [0.1, 0.15) is 5.54 Å². The summed E-state index contributed by atoms with van der Waals surface area (Å²) in [6.45, 7) is 2.15. The minimum Gasteiger partial charge on any atom is -0.353 e. The Bertz CT molecular complexity index is 452. The second-order valence-corrected chi connectivity index (χ2v) is 8.11. The second kappa shape index (κ2) is 7.07. The average Bonchev–Trinajstić information content (AvgIpc) is 3.02. The Morgan fingerprint density at radius 2 is 1.71 bits per heavy atom. The summed E-state index contributed by atoms with van der Waals surface area (Å²) < 4.78 is 25.1. The van der Waals surface area contributed by atoms with Crippen molar-refractivity contribution in [2.75, 3.05) is 32.4 Å². The molecule has 122 valence electrons. The van der Waals surface area contributed by atoms with Crippen molar-refractivity contribution in [2.45, 2.75) is 50.5 Å². The Balaban J connectivity index is 1.98. The van der Waals surface area contributed by atoms with Crippen molar-refractivity contribution in [3.8, 4) is 0 Å². The molecule has 0 aromatic carbocycles. The molecule has 0 aromatic rings. The average molecular weight is 317 g/mol. The van der Waals surface area contributed by atoms with Gasteiger partial charge in [0.15, 0.2) is 0 Å². The van der Waals surface area contributed by atoms with E-state index in [2.05, 4.69) is 14.9 Å². The summed E-state index contributed by atoms with van der Waals surface area (Å²) in [5, 5.41) is 2.86. The van der Waals surface area contributed by atoms with Crippen molar-refractivity contribution in [2.24, 2.45) is 0 Å². The van der Waals surface area contributed by atoms with Crippen LogP contribution in [-0.4, -0.2) is 57.2 Å². The first-order chi connectivity index (χ1) is 10.0. The third kappa shape index (κ3) is 3.96. The largest absolute Gasteiger partial charge is 0.353 e. The van der Waals surface area contributed by atoms with E-state index in [9.17, 15) is 13.2 Å². The van der Waals surface area contributed by atoms with E-state index < -0.39 is 15.6 Å². The van der Waals surface area contributed by atoms with Gasteiger partial charge in [0.2, 0.25) is 15.9 Å². The van der Waals surface area contributed by atoms with Crippen molar-refractivity contribution in [3.05, 3.63) is 0 Å². The quantitative estimate of drug-likeness (QED) is 0.745. The fourth-order valence-electron chi connectivity index (χ4n) is 3.53. The predicted molar refractivity (Wildman–Crippen MR) is 82.5 cm³/mol. The molecule has 2 N–H and O–H groups in total. The molecule has 0 aromatic heterocycles. The smallest absolute Gasteiger partial charge is 0.240 e. The summed E-state index contributed by atoms with van der Waals surface area (Å²) >= 11 is 0. The van der Waals surface area contributed by atoms with Crippen molar-refractivity contribution in [1.82, 2.24) is 14.9 Å². The molecule has 1 aliphatic carbocycles. The number of hydrogen-bond donors (Lipinski definition) is 2. The van der Waals surface area contributed by atoms with Crippen molar-refractivity contribution >= 4 is 15.9 Å². The number of sulfonamides is 1. The fourth-order valence-corrected chi connectivity index (χ4v) is 4.11. The molecule has 0 spiro atoms. The summed E-state index contributed by atoms with van der Waals surface area (Å²) in [7, 11) is -1.87. The van der Waals surface area contributed by atoms with Crippen LogP contribution in [0, 0.1) is 0 Å². The lowest BCUT2D eigenvalue weighted by atomic mass is 9.79. The predicted octanol–water partition coefficient (Wildman–Crippen LogP) is 0.451. The molecule has 2 rings (SSSR count). The van der Waals surface area contributed by atoms with Crippen molar-refractivity contribution in [1.29, 1.82) is 0 Å². The Kier molecular flexibility index (Phi) is 5.62. The van der Waals surface area contributed by atoms with Gasteiger partial charge in [0.05, 0.1) is 5.75 Å². The SMILES string of the molecule is CNS(=O)(=O)CCNC(=O)C1(N2CCCC2)CCCCC1. The normalized spacial score (nSPS) is 23.1. The Labute approximate surface area is 127 Å². The van der Waals surface area contributed by atoms with Gasteiger partial charge in [0, 0.05) is 6.54 Å². The zero-order valence-corrected chi connectivity index (χ0v) is 13.7. The molecule has 1 saturated heterocycles. The lowest BCUT2D eigenvalue weighted by molar-refractivity contribution is -0.135. The van der Waals surface area contributed by atoms with Crippen LogP contribution in [0.4, 0.5) is 0 Å². The molecule has 21 heavy (non-hydrogen) atoms. The van der Waals surface area contributed by atoms with Crippen LogP contribution in [0.3, 0.4) is 0 Å². The first-order valence-corrected chi connectivity index (χ1v) is 9.60. The number of likely N-dealkylation sites (tertiary alicyclic amines) is 1. The molecule has 1 aliphatic heterocycles. The molecule has 6 nitrogen and oxygen atoms in total. The first kappa shape index (κ1) is 16.7. The molecule has 1 amide bonds. The van der Waals surface area contributed by atoms with Gasteiger partial charge in [0.25, 0.3) is 0 Å². The van der Waals surface area contributed by atoms with Gasteiger partial charge in [-0.15, -0.1) is 0 Å². The van der Waals surface area contributed by atoms with Gasteiger partial charge in [-0.2, -0.15) is 0 Å². The maximum atomic E-state index is 12.7. The lowest BCUT2D eigenvalue weighted by Gasteiger charge is -2.43. The van der Waals surface area contributed by atoms with Crippen LogP contribution in [0.2, 0.25) is 0 Å². The van der Waals surface area contributed by atoms with E-state index in [0.29, 0.717) is 0 Å². The number of carbonyl (C=O) groups excluding carboxylic acids is 1. The number of amides is 1. The Hall–Kier alpha value is -0.660. The number of nitrogens with one attached hydrogen (secondary N) is 2. The van der Waals surface area contributed by atoms with Gasteiger partial charge in [-0.25, -0.2) is 13.1 Å². The van der Waals surface area contributed by atoms with Crippen LogP contribution in [-0.2, 0) is 14.8 Å². The summed E-state index contributed by atoms with van der Waals surface area (Å²) in [5.41, 5.74) is -0.391. The molecule has 0 atom stereocenters. The van der Waals surface area contributed by atoms with E-state index >= 15 is 0 Å². The van der Waals surface area contributed by atoms with Crippen molar-refractivity contribution < 1.29 is 13.2 Å². The zero-order valence-electron chi connectivity index (χ0n) is 12.9. The summed E-state index contributed by atoms with van der Waals surface area (Å²) in [5.74, 6) is -0.0406. The summed E-state index contributed by atoms with van der Waals surface area (Å²) in [6.07, 6.45) is 7.47. The molecule has 2 aliphatic rings. The Morgan fingerprint density at radius 3 is 2.29 bits per heavy atom. The van der Waals surface area contributed by atoms with E-state index in [-0.39, 0.29) is 18.2 Å². The van der Waals surface area contributed by atoms with E-state index in [1.807, 2.05) is 0 Å². The van der Waals surface area contributed by atoms with Gasteiger partial charge in [-0.05, 0) is 45.8 Å². The van der Waals surface area contributed by atoms with E-state index in [1.165, 1.54) is 13.5 Å². The van der Waals surface area contributed by atoms with E-state index in [0.717, 1.165) is 51.6 Å². The highest BCUT2D eigenvalue weighted by molar-refractivity contribution is 7.89. The molecular formula is C14H27N3O3S. The van der Waals surface area contributed by atoms with Gasteiger partial charge in [-0.3, -0.25) is 9.69 Å². The van der Waals surface area contributed by atoms with Gasteiger partial charge < -0.3 is 5.32 Å². The third-order valence-corrected chi connectivity index (χ3v) is 6.15. The highest BCUT2D eigenvalue weighted by Gasteiger charge is 2.45. The molecular weight excluding hydrogens is 290 g/mol. The standard InChI is InChI=1S/C14H27N3O3S/c1-15-21(19,20)12-9-16-13(18)14(7-3-2-4-8-14)17-10-5-6-11-17/h15H,2-12H2,1H3,(H,16,18). The van der Waals surface area contributed by atoms with Gasteiger partial charge in [-0.1, -0.05) is 19.3 Å². The van der Waals surface area contributed by atoms with E-state index in [4.69, 9.17) is 0 Å². The van der Waals surface area contributed by atoms with Crippen LogP contribution in [0.15, 0.2) is 0 Å². The molecule has 7 heteroatoms. The molecule has 1 saturated carbocycles. The summed E-state index contributed by atoms with van der Waals surface area (Å²) in [4.78, 5) is 15.0. The fraction of sp³-hybridized carbons (Fsp3) is 0.929. The van der Waals surface area contributed by atoms with Crippen LogP contribution >= 0.6 is 0 Å². The molecule has 1 heterocycles. The minimum atomic E-state index is -3.26.